The van der Waals surface area contributed by atoms with Crippen LogP contribution in [0.25, 0.3) is 11.1 Å². The van der Waals surface area contributed by atoms with E-state index in [1.807, 2.05) is 57.4 Å². The SMILES string of the molecule is CC(C)(C)OC(=O)N1CCc2nc(Cl)nc(Nc3ccc(-c4cnn(I)c4)cc3)c2C1. The van der Waals surface area contributed by atoms with E-state index in [0.717, 1.165) is 28.1 Å². The first kappa shape index (κ1) is 21.8. The Labute approximate surface area is 199 Å². The van der Waals surface area contributed by atoms with Gasteiger partial charge in [0.2, 0.25) is 5.28 Å². The molecule has 0 fully saturated rings. The topological polar surface area (TPSA) is 85.2 Å². The van der Waals surface area contributed by atoms with Crippen LogP contribution in [0.1, 0.15) is 32.0 Å². The first-order valence-corrected chi connectivity index (χ1v) is 11.1. The number of ether oxygens (including phenoxy) is 1. The zero-order chi connectivity index (χ0) is 22.2. The Bertz CT molecular complexity index is 1110. The maximum Gasteiger partial charge on any atom is 0.410 e. The van der Waals surface area contributed by atoms with Gasteiger partial charge in [0, 0.05) is 36.0 Å². The van der Waals surface area contributed by atoms with Crippen molar-refractivity contribution < 1.29 is 9.53 Å². The van der Waals surface area contributed by atoms with Gasteiger partial charge in [-0.2, -0.15) is 5.10 Å². The van der Waals surface area contributed by atoms with Gasteiger partial charge < -0.3 is 15.0 Å². The molecule has 3 aromatic rings. The number of fused-ring (bicyclic) bond motifs is 1. The lowest BCUT2D eigenvalue weighted by molar-refractivity contribution is 0.0223. The van der Waals surface area contributed by atoms with Gasteiger partial charge in [0.1, 0.15) is 11.4 Å². The second kappa shape index (κ2) is 8.62. The molecule has 1 amide bonds. The molecule has 1 N–H and O–H groups in total. The summed E-state index contributed by atoms with van der Waals surface area (Å²) in [5.41, 5.74) is 4.09. The quantitative estimate of drug-likeness (QED) is 0.354. The zero-order valence-electron chi connectivity index (χ0n) is 17.4. The van der Waals surface area contributed by atoms with E-state index in [0.29, 0.717) is 25.3 Å². The molecular formula is C21H22ClIN6O2. The molecule has 0 bridgehead atoms. The summed E-state index contributed by atoms with van der Waals surface area (Å²) in [5.74, 6) is 0.594. The monoisotopic (exact) mass is 552 g/mol. The Morgan fingerprint density at radius 3 is 2.58 bits per heavy atom. The fourth-order valence-corrected chi connectivity index (χ4v) is 3.91. The summed E-state index contributed by atoms with van der Waals surface area (Å²) < 4.78 is 7.26. The number of halogens is 2. The van der Waals surface area contributed by atoms with Gasteiger partial charge >= 0.3 is 6.09 Å². The van der Waals surface area contributed by atoms with Gasteiger partial charge in [-0.1, -0.05) is 12.1 Å². The number of hydrogen-bond acceptors (Lipinski definition) is 6. The molecule has 0 atom stereocenters. The van der Waals surface area contributed by atoms with Crippen molar-refractivity contribution in [2.24, 2.45) is 0 Å². The molecule has 10 heteroatoms. The summed E-state index contributed by atoms with van der Waals surface area (Å²) in [6.07, 6.45) is 4.01. The second-order valence-corrected chi connectivity index (χ2v) is 9.57. The van der Waals surface area contributed by atoms with Crippen LogP contribution in [0.2, 0.25) is 5.28 Å². The van der Waals surface area contributed by atoms with Crippen molar-refractivity contribution in [3.63, 3.8) is 0 Å². The van der Waals surface area contributed by atoms with Crippen LogP contribution in [0.5, 0.6) is 0 Å². The Hall–Kier alpha value is -2.40. The smallest absolute Gasteiger partial charge is 0.410 e. The molecule has 0 aliphatic carbocycles. The lowest BCUT2D eigenvalue weighted by Crippen LogP contribution is -2.40. The van der Waals surface area contributed by atoms with Gasteiger partial charge in [0.15, 0.2) is 0 Å². The van der Waals surface area contributed by atoms with Gasteiger partial charge in [-0.05, 0) is 50.1 Å². The van der Waals surface area contributed by atoms with E-state index in [-0.39, 0.29) is 11.4 Å². The average molecular weight is 553 g/mol. The Morgan fingerprint density at radius 1 is 1.19 bits per heavy atom. The first-order valence-electron chi connectivity index (χ1n) is 9.79. The minimum absolute atomic E-state index is 0.179. The largest absolute Gasteiger partial charge is 0.444 e. The Balaban J connectivity index is 1.56. The van der Waals surface area contributed by atoms with Crippen LogP contribution < -0.4 is 5.32 Å². The summed E-state index contributed by atoms with van der Waals surface area (Å²) in [5, 5.41) is 7.70. The molecule has 162 valence electrons. The van der Waals surface area contributed by atoms with E-state index >= 15 is 0 Å². The lowest BCUT2D eigenvalue weighted by atomic mass is 10.1. The van der Waals surface area contributed by atoms with Crippen LogP contribution in [0.4, 0.5) is 16.3 Å². The standard InChI is InChI=1S/C21H22ClIN6O2/c1-21(2,3)31-20(30)28-9-8-17-16(12-28)18(27-19(22)26-17)25-15-6-4-13(5-7-15)14-10-24-29(23)11-14/h4-7,10-11H,8-9,12H2,1-3H3,(H,25,26,27). The highest BCUT2D eigenvalue weighted by atomic mass is 127. The number of amides is 1. The van der Waals surface area contributed by atoms with Gasteiger partial charge in [0.25, 0.3) is 0 Å². The highest BCUT2D eigenvalue weighted by Crippen LogP contribution is 2.29. The minimum atomic E-state index is -0.551. The number of hydrogen-bond donors (Lipinski definition) is 1. The van der Waals surface area contributed by atoms with E-state index in [9.17, 15) is 4.79 Å². The van der Waals surface area contributed by atoms with Gasteiger partial charge in [-0.15, -0.1) is 0 Å². The van der Waals surface area contributed by atoms with Crippen LogP contribution in [0.15, 0.2) is 36.7 Å². The van der Waals surface area contributed by atoms with Crippen LogP contribution >= 0.6 is 34.5 Å². The Morgan fingerprint density at radius 2 is 1.94 bits per heavy atom. The summed E-state index contributed by atoms with van der Waals surface area (Å²) in [6.45, 7) is 6.44. The maximum absolute atomic E-state index is 12.5. The zero-order valence-corrected chi connectivity index (χ0v) is 20.3. The van der Waals surface area contributed by atoms with Gasteiger partial charge in [-0.25, -0.2) is 17.7 Å². The van der Waals surface area contributed by atoms with Crippen LogP contribution in [0, 0.1) is 0 Å². The highest BCUT2D eigenvalue weighted by molar-refractivity contribution is 14.1. The molecule has 31 heavy (non-hydrogen) atoms. The summed E-state index contributed by atoms with van der Waals surface area (Å²) in [7, 11) is 0. The molecule has 1 aliphatic rings. The fraction of sp³-hybridized carbons (Fsp3) is 0.333. The number of aromatic nitrogens is 4. The number of anilines is 2. The molecule has 0 spiro atoms. The van der Waals surface area contributed by atoms with E-state index in [2.05, 4.69) is 43.2 Å². The van der Waals surface area contributed by atoms with Gasteiger partial charge in [-0.3, -0.25) is 0 Å². The number of carbonyl (C=O) groups is 1. The number of nitrogens with one attached hydrogen (secondary N) is 1. The number of carbonyl (C=O) groups excluding carboxylic acids is 1. The first-order chi connectivity index (χ1) is 14.7. The van der Waals surface area contributed by atoms with Crippen molar-refractivity contribution in [2.75, 3.05) is 11.9 Å². The van der Waals surface area contributed by atoms with E-state index in [1.165, 1.54) is 0 Å². The molecule has 3 heterocycles. The predicted octanol–water partition coefficient (Wildman–Crippen LogP) is 5.23. The summed E-state index contributed by atoms with van der Waals surface area (Å²) >= 11 is 8.28. The molecule has 8 nitrogen and oxygen atoms in total. The van der Waals surface area contributed by atoms with E-state index < -0.39 is 5.60 Å². The number of nitrogens with zero attached hydrogens (tertiary/aromatic N) is 5. The summed E-state index contributed by atoms with van der Waals surface area (Å²) in [6, 6.07) is 7.96. The van der Waals surface area contributed by atoms with Crippen LogP contribution in [-0.2, 0) is 17.7 Å². The van der Waals surface area contributed by atoms with Crippen molar-refractivity contribution in [1.82, 2.24) is 22.9 Å². The third-order valence-electron chi connectivity index (χ3n) is 4.72. The minimum Gasteiger partial charge on any atom is -0.444 e. The molecule has 0 saturated carbocycles. The number of benzene rings is 1. The highest BCUT2D eigenvalue weighted by Gasteiger charge is 2.28. The molecule has 4 rings (SSSR count). The van der Waals surface area contributed by atoms with Crippen molar-refractivity contribution in [3.05, 3.63) is 53.2 Å². The van der Waals surface area contributed by atoms with Crippen molar-refractivity contribution in [1.29, 1.82) is 0 Å². The second-order valence-electron chi connectivity index (χ2n) is 8.24. The van der Waals surface area contributed by atoms with Crippen LogP contribution in [0.3, 0.4) is 0 Å². The molecular weight excluding hydrogens is 531 g/mol. The molecule has 0 radical (unpaired) electrons. The third kappa shape index (κ3) is 5.27. The fourth-order valence-electron chi connectivity index (χ4n) is 3.30. The predicted molar refractivity (Wildman–Crippen MR) is 128 cm³/mol. The maximum atomic E-state index is 12.5. The van der Waals surface area contributed by atoms with Crippen molar-refractivity contribution in [3.8, 4) is 11.1 Å². The average Bonchev–Trinajstić information content (AvgIpc) is 3.13. The molecule has 0 unspecified atom stereocenters. The van der Waals surface area contributed by atoms with Crippen molar-refractivity contribution in [2.45, 2.75) is 39.3 Å². The van der Waals surface area contributed by atoms with Gasteiger partial charge in [0.05, 0.1) is 41.3 Å². The third-order valence-corrected chi connectivity index (χ3v) is 5.42. The summed E-state index contributed by atoms with van der Waals surface area (Å²) in [4.78, 5) is 23.0. The molecule has 2 aromatic heterocycles. The van der Waals surface area contributed by atoms with E-state index in [1.54, 1.807) is 7.80 Å². The van der Waals surface area contributed by atoms with Crippen LogP contribution in [-0.4, -0.2) is 41.1 Å². The Kier molecular flexibility index (Phi) is 6.07. The van der Waals surface area contributed by atoms with E-state index in [4.69, 9.17) is 16.3 Å². The number of rotatable bonds is 3. The molecule has 0 saturated heterocycles. The normalized spacial score (nSPS) is 13.6. The molecule has 1 aromatic carbocycles. The van der Waals surface area contributed by atoms with Crippen molar-refractivity contribution >= 4 is 52.1 Å². The molecule has 1 aliphatic heterocycles. The lowest BCUT2D eigenvalue weighted by Gasteiger charge is -2.31.